The van der Waals surface area contributed by atoms with Crippen LogP contribution in [0.4, 0.5) is 0 Å². The molecule has 2 aromatic rings. The largest absolute Gasteiger partial charge is 0.391 e. The molecular formula is C10H10BrNO3S3. The van der Waals surface area contributed by atoms with E-state index in [-0.39, 0.29) is 18.0 Å². The van der Waals surface area contributed by atoms with Crippen molar-refractivity contribution < 1.29 is 13.5 Å². The lowest BCUT2D eigenvalue weighted by Crippen LogP contribution is -2.22. The Morgan fingerprint density at radius 3 is 2.72 bits per heavy atom. The van der Waals surface area contributed by atoms with E-state index in [0.29, 0.717) is 4.88 Å². The lowest BCUT2D eigenvalue weighted by atomic mass is 10.5. The predicted molar refractivity (Wildman–Crippen MR) is 76.3 cm³/mol. The van der Waals surface area contributed by atoms with Crippen LogP contribution in [0.3, 0.4) is 0 Å². The van der Waals surface area contributed by atoms with Gasteiger partial charge in [0.2, 0.25) is 10.0 Å². The van der Waals surface area contributed by atoms with Crippen molar-refractivity contribution in [3.05, 3.63) is 37.1 Å². The Labute approximate surface area is 121 Å². The summed E-state index contributed by atoms with van der Waals surface area (Å²) in [5, 5.41) is 12.3. The standard InChI is InChI=1S/C10H10BrNO3S3/c11-9-1-2-16-10(9)4-12-18(14,15)8-3-7(5-13)17-6-8/h1-3,6,12-13H,4-5H2. The highest BCUT2D eigenvalue weighted by Crippen LogP contribution is 2.24. The molecule has 0 aliphatic carbocycles. The van der Waals surface area contributed by atoms with Gasteiger partial charge in [0.25, 0.3) is 0 Å². The molecule has 2 N–H and O–H groups in total. The number of hydrogen-bond acceptors (Lipinski definition) is 5. The monoisotopic (exact) mass is 367 g/mol. The molecule has 0 spiro atoms. The molecule has 0 amide bonds. The Morgan fingerprint density at radius 1 is 1.39 bits per heavy atom. The molecule has 4 nitrogen and oxygen atoms in total. The zero-order valence-corrected chi connectivity index (χ0v) is 13.1. The van der Waals surface area contributed by atoms with E-state index in [2.05, 4.69) is 20.7 Å². The Bertz CT molecular complexity index is 632. The molecule has 0 aromatic carbocycles. The lowest BCUT2D eigenvalue weighted by Gasteiger charge is -2.03. The molecule has 0 unspecified atom stereocenters. The number of nitrogens with one attached hydrogen (secondary N) is 1. The minimum atomic E-state index is -3.51. The van der Waals surface area contributed by atoms with E-state index >= 15 is 0 Å². The predicted octanol–water partition coefficient (Wildman–Crippen LogP) is 2.54. The summed E-state index contributed by atoms with van der Waals surface area (Å²) in [6.07, 6.45) is 0. The van der Waals surface area contributed by atoms with Crippen LogP contribution in [0.15, 0.2) is 32.3 Å². The minimum absolute atomic E-state index is 0.142. The number of halogens is 1. The van der Waals surface area contributed by atoms with Gasteiger partial charge in [-0.2, -0.15) is 0 Å². The van der Waals surface area contributed by atoms with Crippen LogP contribution in [0.1, 0.15) is 9.75 Å². The molecule has 0 fully saturated rings. The van der Waals surface area contributed by atoms with Gasteiger partial charge in [0.15, 0.2) is 0 Å². The first-order valence-electron chi connectivity index (χ1n) is 4.93. The first-order valence-corrected chi connectivity index (χ1v) is 8.96. The third-order valence-electron chi connectivity index (χ3n) is 2.21. The fourth-order valence-corrected chi connectivity index (χ4v) is 4.93. The quantitative estimate of drug-likeness (QED) is 0.853. The second kappa shape index (κ2) is 5.81. The number of sulfonamides is 1. The zero-order chi connectivity index (χ0) is 13.2. The van der Waals surface area contributed by atoms with Crippen molar-refractivity contribution in [3.8, 4) is 0 Å². The molecule has 0 atom stereocenters. The molecule has 2 aromatic heterocycles. The number of thiophene rings is 2. The fraction of sp³-hybridized carbons (Fsp3) is 0.200. The zero-order valence-electron chi connectivity index (χ0n) is 9.09. The van der Waals surface area contributed by atoms with Crippen LogP contribution in [-0.4, -0.2) is 13.5 Å². The van der Waals surface area contributed by atoms with Crippen LogP contribution in [0.2, 0.25) is 0 Å². The average molecular weight is 368 g/mol. The maximum Gasteiger partial charge on any atom is 0.241 e. The van der Waals surface area contributed by atoms with Crippen LogP contribution in [0.5, 0.6) is 0 Å². The van der Waals surface area contributed by atoms with E-state index in [1.807, 2.05) is 11.4 Å². The van der Waals surface area contributed by atoms with Gasteiger partial charge in [0.1, 0.15) is 0 Å². The molecule has 2 heterocycles. The van der Waals surface area contributed by atoms with Crippen molar-refractivity contribution >= 4 is 48.6 Å². The van der Waals surface area contributed by atoms with Crippen LogP contribution in [0.25, 0.3) is 0 Å². The highest BCUT2D eigenvalue weighted by Gasteiger charge is 2.16. The normalized spacial score (nSPS) is 11.9. The number of aliphatic hydroxyl groups is 1. The van der Waals surface area contributed by atoms with E-state index in [1.54, 1.807) is 0 Å². The topological polar surface area (TPSA) is 66.4 Å². The molecule has 98 valence electrons. The lowest BCUT2D eigenvalue weighted by molar-refractivity contribution is 0.285. The van der Waals surface area contributed by atoms with Crippen LogP contribution >= 0.6 is 38.6 Å². The summed E-state index contributed by atoms with van der Waals surface area (Å²) in [5.41, 5.74) is 0. The van der Waals surface area contributed by atoms with Gasteiger partial charge >= 0.3 is 0 Å². The van der Waals surface area contributed by atoms with Gasteiger partial charge in [0.05, 0.1) is 11.5 Å². The van der Waals surface area contributed by atoms with Gasteiger partial charge in [0, 0.05) is 26.2 Å². The number of aliphatic hydroxyl groups excluding tert-OH is 1. The summed E-state index contributed by atoms with van der Waals surface area (Å²) in [7, 11) is -3.51. The number of hydrogen-bond donors (Lipinski definition) is 2. The molecule has 18 heavy (non-hydrogen) atoms. The van der Waals surface area contributed by atoms with E-state index in [9.17, 15) is 8.42 Å². The van der Waals surface area contributed by atoms with Gasteiger partial charge < -0.3 is 5.11 Å². The Kier molecular flexibility index (Phi) is 4.57. The van der Waals surface area contributed by atoms with Gasteiger partial charge in [-0.3, -0.25) is 0 Å². The van der Waals surface area contributed by atoms with Crippen LogP contribution in [-0.2, 0) is 23.2 Å². The molecule has 8 heteroatoms. The van der Waals surface area contributed by atoms with Crippen molar-refractivity contribution in [2.75, 3.05) is 0 Å². The molecule has 0 bridgehead atoms. The fourth-order valence-electron chi connectivity index (χ4n) is 1.28. The summed E-state index contributed by atoms with van der Waals surface area (Å²) in [5.74, 6) is 0. The molecular weight excluding hydrogens is 358 g/mol. The highest BCUT2D eigenvalue weighted by atomic mass is 79.9. The molecule has 2 rings (SSSR count). The maximum atomic E-state index is 12.0. The summed E-state index contributed by atoms with van der Waals surface area (Å²) < 4.78 is 27.4. The van der Waals surface area contributed by atoms with Gasteiger partial charge in [-0.25, -0.2) is 13.1 Å². The summed E-state index contributed by atoms with van der Waals surface area (Å²) in [6.45, 7) is 0.113. The Balaban J connectivity index is 2.10. The third-order valence-corrected chi connectivity index (χ3v) is 6.59. The maximum absolute atomic E-state index is 12.0. The van der Waals surface area contributed by atoms with Gasteiger partial charge in [-0.15, -0.1) is 22.7 Å². The smallest absolute Gasteiger partial charge is 0.241 e. The first-order chi connectivity index (χ1) is 8.53. The second-order valence-electron chi connectivity index (χ2n) is 3.42. The van der Waals surface area contributed by atoms with Gasteiger partial charge in [-0.05, 0) is 33.4 Å². The highest BCUT2D eigenvalue weighted by molar-refractivity contribution is 9.10. The molecule has 0 saturated heterocycles. The van der Waals surface area contributed by atoms with Crippen molar-refractivity contribution in [2.24, 2.45) is 0 Å². The summed E-state index contributed by atoms with van der Waals surface area (Å²) >= 11 is 6.06. The van der Waals surface area contributed by atoms with Crippen LogP contribution < -0.4 is 4.72 Å². The van der Waals surface area contributed by atoms with Crippen LogP contribution in [0, 0.1) is 0 Å². The van der Waals surface area contributed by atoms with E-state index in [1.165, 1.54) is 34.1 Å². The second-order valence-corrected chi connectivity index (χ2v) is 8.04. The van der Waals surface area contributed by atoms with E-state index in [0.717, 1.165) is 9.35 Å². The molecule has 0 aliphatic rings. The summed E-state index contributed by atoms with van der Waals surface area (Å²) in [6, 6.07) is 3.36. The SMILES string of the molecule is O=S(=O)(NCc1sccc1Br)c1csc(CO)c1. The Morgan fingerprint density at radius 2 is 2.17 bits per heavy atom. The van der Waals surface area contributed by atoms with Crippen molar-refractivity contribution in [1.29, 1.82) is 0 Å². The summed E-state index contributed by atoms with van der Waals surface area (Å²) in [4.78, 5) is 1.76. The molecule has 0 saturated carbocycles. The van der Waals surface area contributed by atoms with E-state index < -0.39 is 10.0 Å². The Hall–Kier alpha value is -0.250. The van der Waals surface area contributed by atoms with Crippen molar-refractivity contribution in [1.82, 2.24) is 4.72 Å². The first kappa shape index (κ1) is 14.2. The third kappa shape index (κ3) is 3.19. The average Bonchev–Trinajstić information content (AvgIpc) is 2.95. The van der Waals surface area contributed by atoms with Crippen molar-refractivity contribution in [3.63, 3.8) is 0 Å². The number of rotatable bonds is 5. The minimum Gasteiger partial charge on any atom is -0.391 e. The molecule has 0 radical (unpaired) electrons. The van der Waals surface area contributed by atoms with E-state index in [4.69, 9.17) is 5.11 Å². The molecule has 0 aliphatic heterocycles. The van der Waals surface area contributed by atoms with Crippen molar-refractivity contribution in [2.45, 2.75) is 18.0 Å². The van der Waals surface area contributed by atoms with Gasteiger partial charge in [-0.1, -0.05) is 0 Å².